The van der Waals surface area contributed by atoms with E-state index in [0.717, 1.165) is 36.9 Å². The van der Waals surface area contributed by atoms with Gasteiger partial charge in [0.2, 0.25) is 0 Å². The lowest BCUT2D eigenvalue weighted by Gasteiger charge is -1.90. The molecule has 1 aliphatic heterocycles. The number of hydrogen-bond acceptors (Lipinski definition) is 4. The fourth-order valence-corrected chi connectivity index (χ4v) is 1.24. The zero-order chi connectivity index (χ0) is 7.68. The molecule has 0 spiro atoms. The monoisotopic (exact) mass is 153 g/mol. The zero-order valence-electron chi connectivity index (χ0n) is 6.26. The number of nitrogens with one attached hydrogen (secondary N) is 1. The number of nitrogens with zero attached hydrogens (tertiary/aromatic N) is 1. The topological polar surface area (TPSA) is 64.1 Å². The van der Waals surface area contributed by atoms with Gasteiger partial charge in [-0.15, -0.1) is 0 Å². The van der Waals surface area contributed by atoms with Crippen molar-refractivity contribution in [2.24, 2.45) is 5.73 Å². The molecule has 0 radical (unpaired) electrons. The Balaban J connectivity index is 2.20. The highest BCUT2D eigenvalue weighted by molar-refractivity contribution is 5.14. The number of fused-ring (bicyclic) bond motifs is 1. The molecule has 60 valence electrons. The average Bonchev–Trinajstić information content (AvgIpc) is 2.46. The maximum atomic E-state index is 5.41. The molecule has 2 heterocycles. The quantitative estimate of drug-likeness (QED) is 0.616. The fraction of sp³-hybridized carbons (Fsp3) is 0.571. The van der Waals surface area contributed by atoms with Crippen LogP contribution in [0.5, 0.6) is 0 Å². The minimum Gasteiger partial charge on any atom is -0.444 e. The predicted molar refractivity (Wildman–Crippen MR) is 39.8 cm³/mol. The third kappa shape index (κ3) is 1.15. The van der Waals surface area contributed by atoms with Gasteiger partial charge in [-0.05, 0) is 0 Å². The summed E-state index contributed by atoms with van der Waals surface area (Å²) in [7, 11) is 0. The van der Waals surface area contributed by atoms with E-state index in [0.29, 0.717) is 6.54 Å². The second kappa shape index (κ2) is 2.64. The molecule has 0 saturated heterocycles. The molecule has 4 heteroatoms. The van der Waals surface area contributed by atoms with Crippen molar-refractivity contribution >= 4 is 0 Å². The minimum atomic E-state index is 0.604. The van der Waals surface area contributed by atoms with Crippen molar-refractivity contribution in [2.45, 2.75) is 19.5 Å². The van der Waals surface area contributed by atoms with Crippen LogP contribution in [0.3, 0.4) is 0 Å². The largest absolute Gasteiger partial charge is 0.444 e. The molecular formula is C7H11N3O. The first-order valence-electron chi connectivity index (χ1n) is 3.78. The molecule has 1 aliphatic rings. The summed E-state index contributed by atoms with van der Waals surface area (Å²) in [5.41, 5.74) is 6.41. The van der Waals surface area contributed by atoms with Crippen LogP contribution in [-0.4, -0.2) is 11.5 Å². The second-order valence-corrected chi connectivity index (χ2v) is 2.62. The van der Waals surface area contributed by atoms with Crippen molar-refractivity contribution in [3.8, 4) is 0 Å². The molecule has 1 aromatic heterocycles. The van der Waals surface area contributed by atoms with Gasteiger partial charge in [0.05, 0.1) is 12.2 Å². The molecule has 2 rings (SSSR count). The maximum absolute atomic E-state index is 5.41. The Morgan fingerprint density at radius 3 is 3.18 bits per heavy atom. The van der Waals surface area contributed by atoms with Crippen LogP contribution < -0.4 is 11.1 Å². The normalized spacial score (nSPS) is 15.4. The summed E-state index contributed by atoms with van der Waals surface area (Å²) >= 11 is 0. The van der Waals surface area contributed by atoms with E-state index < -0.39 is 0 Å². The number of nitrogens with two attached hydrogens (primary N) is 1. The third-order valence-electron chi connectivity index (χ3n) is 1.76. The third-order valence-corrected chi connectivity index (χ3v) is 1.76. The van der Waals surface area contributed by atoms with Crippen molar-refractivity contribution in [3.63, 3.8) is 0 Å². The Hall–Kier alpha value is -0.870. The van der Waals surface area contributed by atoms with Crippen LogP contribution in [0.25, 0.3) is 0 Å². The van der Waals surface area contributed by atoms with E-state index in [9.17, 15) is 0 Å². The van der Waals surface area contributed by atoms with Gasteiger partial charge in [-0.25, -0.2) is 4.98 Å². The van der Waals surface area contributed by atoms with Crippen LogP contribution in [0.1, 0.15) is 17.3 Å². The highest BCUT2D eigenvalue weighted by Crippen LogP contribution is 2.15. The number of rotatable bonds is 2. The smallest absolute Gasteiger partial charge is 0.196 e. The molecule has 0 atom stereocenters. The van der Waals surface area contributed by atoms with Crippen LogP contribution in [0.4, 0.5) is 0 Å². The first-order chi connectivity index (χ1) is 5.40. The van der Waals surface area contributed by atoms with Gasteiger partial charge in [-0.2, -0.15) is 0 Å². The Bertz CT molecular complexity index is 235. The molecular weight excluding hydrogens is 142 g/mol. The molecule has 0 aliphatic carbocycles. The SMILES string of the molecule is NCCc1nc2c(o1)CNC2. The molecule has 1 aromatic rings. The van der Waals surface area contributed by atoms with Crippen LogP contribution >= 0.6 is 0 Å². The maximum Gasteiger partial charge on any atom is 0.196 e. The lowest BCUT2D eigenvalue weighted by Crippen LogP contribution is -2.05. The molecule has 0 aromatic carbocycles. The molecule has 0 saturated carbocycles. The Labute approximate surface area is 64.8 Å². The molecule has 0 fully saturated rings. The lowest BCUT2D eigenvalue weighted by molar-refractivity contribution is 0.450. The first kappa shape index (κ1) is 6.82. The van der Waals surface area contributed by atoms with Gasteiger partial charge in [0.25, 0.3) is 0 Å². The van der Waals surface area contributed by atoms with Crippen molar-refractivity contribution in [1.29, 1.82) is 0 Å². The van der Waals surface area contributed by atoms with Gasteiger partial charge in [0.1, 0.15) is 5.76 Å². The van der Waals surface area contributed by atoms with Gasteiger partial charge in [0.15, 0.2) is 5.89 Å². The molecule has 0 unspecified atom stereocenters. The van der Waals surface area contributed by atoms with Gasteiger partial charge < -0.3 is 15.5 Å². The summed E-state index contributed by atoms with van der Waals surface area (Å²) in [5, 5.41) is 3.15. The van der Waals surface area contributed by atoms with E-state index >= 15 is 0 Å². The minimum absolute atomic E-state index is 0.604. The Kier molecular flexibility index (Phi) is 1.63. The van der Waals surface area contributed by atoms with E-state index in [-0.39, 0.29) is 0 Å². The summed E-state index contributed by atoms with van der Waals surface area (Å²) in [6.45, 7) is 2.25. The van der Waals surface area contributed by atoms with Crippen molar-refractivity contribution in [1.82, 2.24) is 10.3 Å². The Morgan fingerprint density at radius 1 is 1.55 bits per heavy atom. The molecule has 4 nitrogen and oxygen atoms in total. The van der Waals surface area contributed by atoms with Gasteiger partial charge in [0, 0.05) is 19.5 Å². The molecule has 3 N–H and O–H groups in total. The highest BCUT2D eigenvalue weighted by atomic mass is 16.4. The lowest BCUT2D eigenvalue weighted by atomic mass is 10.4. The Morgan fingerprint density at radius 2 is 2.45 bits per heavy atom. The van der Waals surface area contributed by atoms with E-state index in [2.05, 4.69) is 10.3 Å². The molecule has 0 bridgehead atoms. The van der Waals surface area contributed by atoms with Crippen LogP contribution in [0, 0.1) is 0 Å². The van der Waals surface area contributed by atoms with Crippen LogP contribution in [-0.2, 0) is 19.5 Å². The van der Waals surface area contributed by atoms with Gasteiger partial charge in [-0.1, -0.05) is 0 Å². The number of hydrogen-bond donors (Lipinski definition) is 2. The number of oxazole rings is 1. The van der Waals surface area contributed by atoms with E-state index in [1.54, 1.807) is 0 Å². The van der Waals surface area contributed by atoms with E-state index in [1.807, 2.05) is 0 Å². The van der Waals surface area contributed by atoms with Gasteiger partial charge in [-0.3, -0.25) is 0 Å². The van der Waals surface area contributed by atoms with Crippen LogP contribution in [0.2, 0.25) is 0 Å². The summed E-state index contributed by atoms with van der Waals surface area (Å²) in [5.74, 6) is 1.76. The van der Waals surface area contributed by atoms with Crippen molar-refractivity contribution in [2.75, 3.05) is 6.54 Å². The first-order valence-corrected chi connectivity index (χ1v) is 3.78. The molecule has 11 heavy (non-hydrogen) atoms. The summed E-state index contributed by atoms with van der Waals surface area (Å²) < 4.78 is 5.41. The van der Waals surface area contributed by atoms with Crippen molar-refractivity contribution < 1.29 is 4.42 Å². The summed E-state index contributed by atoms with van der Waals surface area (Å²) in [4.78, 5) is 4.27. The highest BCUT2D eigenvalue weighted by Gasteiger charge is 2.17. The number of aromatic nitrogens is 1. The summed E-state index contributed by atoms with van der Waals surface area (Å²) in [6.07, 6.45) is 0.743. The van der Waals surface area contributed by atoms with Crippen LogP contribution in [0.15, 0.2) is 4.42 Å². The summed E-state index contributed by atoms with van der Waals surface area (Å²) in [6, 6.07) is 0. The van der Waals surface area contributed by atoms with E-state index in [4.69, 9.17) is 10.2 Å². The van der Waals surface area contributed by atoms with Gasteiger partial charge >= 0.3 is 0 Å². The van der Waals surface area contributed by atoms with E-state index in [1.165, 1.54) is 0 Å². The standard InChI is InChI=1S/C7H11N3O/c8-2-1-7-10-5-3-9-4-6(5)11-7/h9H,1-4,8H2. The molecule has 0 amide bonds. The average molecular weight is 153 g/mol. The van der Waals surface area contributed by atoms with Crippen molar-refractivity contribution in [3.05, 3.63) is 17.3 Å². The predicted octanol–water partition coefficient (Wildman–Crippen LogP) is -0.221. The fourth-order valence-electron chi connectivity index (χ4n) is 1.24. The second-order valence-electron chi connectivity index (χ2n) is 2.62. The zero-order valence-corrected chi connectivity index (χ0v) is 6.26.